The summed E-state index contributed by atoms with van der Waals surface area (Å²) in [7, 11) is 0. The Bertz CT molecular complexity index is 279. The van der Waals surface area contributed by atoms with Crippen molar-refractivity contribution in [2.75, 3.05) is 6.61 Å². The van der Waals surface area contributed by atoms with Gasteiger partial charge in [0, 0.05) is 12.2 Å². The number of hydrogen-bond acceptors (Lipinski definition) is 4. The van der Waals surface area contributed by atoms with E-state index in [9.17, 15) is 14.4 Å². The summed E-state index contributed by atoms with van der Waals surface area (Å²) in [5.41, 5.74) is 0.282. The predicted octanol–water partition coefficient (Wildman–Crippen LogP) is 0.335. The summed E-state index contributed by atoms with van der Waals surface area (Å²) in [5, 5.41) is 32.3. The zero-order valence-corrected chi connectivity index (χ0v) is 9.42. The first kappa shape index (κ1) is 17.5. The van der Waals surface area contributed by atoms with Crippen molar-refractivity contribution in [3.05, 3.63) is 11.6 Å². The molecule has 0 aromatic carbocycles. The fourth-order valence-electron chi connectivity index (χ4n) is 0.582. The maximum Gasteiger partial charge on any atom is 0.330 e. The molecule has 0 aliphatic heterocycles. The van der Waals surface area contributed by atoms with Gasteiger partial charge in [-0.25, -0.2) is 4.79 Å². The van der Waals surface area contributed by atoms with Crippen LogP contribution in [0.15, 0.2) is 11.6 Å². The highest BCUT2D eigenvalue weighted by Crippen LogP contribution is 1.93. The molecule has 0 rings (SSSR count). The van der Waals surface area contributed by atoms with Crippen LogP contribution in [0, 0.1) is 0 Å². The van der Waals surface area contributed by atoms with Gasteiger partial charge < -0.3 is 20.4 Å². The third-order valence-electron chi connectivity index (χ3n) is 1.47. The Morgan fingerprint density at radius 1 is 1.00 bits per heavy atom. The molecule has 0 spiro atoms. The predicted molar refractivity (Wildman–Crippen MR) is 57.6 cm³/mol. The first-order valence-electron chi connectivity index (χ1n) is 4.75. The van der Waals surface area contributed by atoms with E-state index in [-0.39, 0.29) is 25.0 Å². The quantitative estimate of drug-likeness (QED) is 0.498. The normalized spacial score (nSPS) is 10.1. The third kappa shape index (κ3) is 16.8. The van der Waals surface area contributed by atoms with Crippen LogP contribution in [0.5, 0.6) is 0 Å². The van der Waals surface area contributed by atoms with Gasteiger partial charge in [0.15, 0.2) is 0 Å². The summed E-state index contributed by atoms with van der Waals surface area (Å²) in [6.45, 7) is 1.50. The Kier molecular flexibility index (Phi) is 10.9. The molecule has 7 heteroatoms. The Balaban J connectivity index is 0. The number of aliphatic hydroxyl groups is 1. The molecular weight excluding hydrogens is 232 g/mol. The molecule has 0 aliphatic carbocycles. The van der Waals surface area contributed by atoms with Crippen LogP contribution in [0.3, 0.4) is 0 Å². The number of rotatable bonds is 6. The monoisotopic (exact) mass is 248 g/mol. The lowest BCUT2D eigenvalue weighted by Gasteiger charge is -1.89. The molecule has 0 amide bonds. The number of aliphatic carboxylic acids is 3. The maximum absolute atomic E-state index is 10.1. The Hall–Kier alpha value is -1.89. The van der Waals surface area contributed by atoms with Gasteiger partial charge in [-0.1, -0.05) is 6.08 Å². The van der Waals surface area contributed by atoms with Gasteiger partial charge in [-0.05, 0) is 13.3 Å². The minimum Gasteiger partial charge on any atom is -0.481 e. The number of hydrogen-bond donors (Lipinski definition) is 4. The zero-order valence-electron chi connectivity index (χ0n) is 9.42. The minimum atomic E-state index is -1.08. The fraction of sp³-hybridized carbons (Fsp3) is 0.500. The fourth-order valence-corrected chi connectivity index (χ4v) is 0.582. The number of carboxylic acid groups (broad SMARTS) is 3. The Morgan fingerprint density at radius 3 is 1.65 bits per heavy atom. The average Bonchev–Trinajstić information content (AvgIpc) is 2.23. The van der Waals surface area contributed by atoms with E-state index in [0.717, 1.165) is 0 Å². The van der Waals surface area contributed by atoms with Crippen molar-refractivity contribution >= 4 is 17.9 Å². The van der Waals surface area contributed by atoms with Gasteiger partial charge in [-0.2, -0.15) is 0 Å². The first-order chi connectivity index (χ1) is 7.81. The minimum absolute atomic E-state index is 0.00458. The van der Waals surface area contributed by atoms with Gasteiger partial charge in [-0.15, -0.1) is 0 Å². The van der Waals surface area contributed by atoms with Crippen molar-refractivity contribution < 1.29 is 34.8 Å². The van der Waals surface area contributed by atoms with E-state index in [1.54, 1.807) is 0 Å². The molecule has 7 nitrogen and oxygen atoms in total. The summed E-state index contributed by atoms with van der Waals surface area (Å²) >= 11 is 0. The molecule has 0 bridgehead atoms. The maximum atomic E-state index is 10.1. The molecule has 0 heterocycles. The second kappa shape index (κ2) is 10.6. The van der Waals surface area contributed by atoms with Crippen molar-refractivity contribution in [1.82, 2.24) is 0 Å². The third-order valence-corrected chi connectivity index (χ3v) is 1.47. The molecule has 0 fully saturated rings. The van der Waals surface area contributed by atoms with Gasteiger partial charge in [0.05, 0.1) is 12.8 Å². The topological polar surface area (TPSA) is 132 Å². The van der Waals surface area contributed by atoms with Gasteiger partial charge in [-0.3, -0.25) is 9.59 Å². The average molecular weight is 248 g/mol. The van der Waals surface area contributed by atoms with E-state index in [1.807, 2.05) is 0 Å². The molecule has 0 unspecified atom stereocenters. The number of aliphatic hydroxyl groups excluding tert-OH is 1. The molecule has 0 radical (unpaired) electrons. The van der Waals surface area contributed by atoms with E-state index in [0.29, 0.717) is 6.42 Å². The second-order valence-electron chi connectivity index (χ2n) is 2.99. The van der Waals surface area contributed by atoms with Crippen LogP contribution in [0.1, 0.15) is 26.2 Å². The molecule has 0 aromatic heterocycles. The van der Waals surface area contributed by atoms with Crippen LogP contribution in [0.2, 0.25) is 0 Å². The van der Waals surface area contributed by atoms with Gasteiger partial charge >= 0.3 is 17.9 Å². The summed E-state index contributed by atoms with van der Waals surface area (Å²) in [4.78, 5) is 29.3. The Labute approximate surface area is 98.0 Å². The lowest BCUT2D eigenvalue weighted by molar-refractivity contribution is -0.143. The SMILES string of the molecule is CC(=CCCO)C(=O)O.O=C(O)CCC(=O)O. The van der Waals surface area contributed by atoms with Crippen LogP contribution in [-0.2, 0) is 14.4 Å². The highest BCUT2D eigenvalue weighted by Gasteiger charge is 2.00. The summed E-state index contributed by atoms with van der Waals surface area (Å²) in [6, 6.07) is 0. The molecule has 0 atom stereocenters. The van der Waals surface area contributed by atoms with Crippen LogP contribution in [0.25, 0.3) is 0 Å². The highest BCUT2D eigenvalue weighted by molar-refractivity contribution is 5.85. The molecule has 0 aromatic rings. The van der Waals surface area contributed by atoms with Gasteiger partial charge in [0.1, 0.15) is 0 Å². The molecule has 98 valence electrons. The lowest BCUT2D eigenvalue weighted by atomic mass is 10.2. The van der Waals surface area contributed by atoms with Crippen molar-refractivity contribution in [1.29, 1.82) is 0 Å². The van der Waals surface area contributed by atoms with E-state index < -0.39 is 17.9 Å². The number of carbonyl (C=O) groups is 3. The van der Waals surface area contributed by atoms with Gasteiger partial charge in [0.25, 0.3) is 0 Å². The standard InChI is InChI=1S/C6H10O3.C4H6O4/c1-5(6(8)9)3-2-4-7;5-3(6)1-2-4(7)8/h3,7H,2,4H2,1H3,(H,8,9);1-2H2,(H,5,6)(H,7,8). The second-order valence-corrected chi connectivity index (χ2v) is 2.99. The van der Waals surface area contributed by atoms with Crippen LogP contribution in [-0.4, -0.2) is 44.9 Å². The van der Waals surface area contributed by atoms with Crippen LogP contribution >= 0.6 is 0 Å². The molecule has 0 saturated heterocycles. The van der Waals surface area contributed by atoms with E-state index in [1.165, 1.54) is 13.0 Å². The van der Waals surface area contributed by atoms with E-state index in [2.05, 4.69) is 0 Å². The first-order valence-corrected chi connectivity index (χ1v) is 4.75. The highest BCUT2D eigenvalue weighted by atomic mass is 16.4. The largest absolute Gasteiger partial charge is 0.481 e. The lowest BCUT2D eigenvalue weighted by Crippen LogP contribution is -2.00. The molecule has 0 saturated carbocycles. The van der Waals surface area contributed by atoms with Crippen molar-refractivity contribution in [2.45, 2.75) is 26.2 Å². The van der Waals surface area contributed by atoms with Gasteiger partial charge in [0.2, 0.25) is 0 Å². The molecule has 17 heavy (non-hydrogen) atoms. The molecular formula is C10H16O7. The summed E-state index contributed by atoms with van der Waals surface area (Å²) < 4.78 is 0. The summed E-state index contributed by atoms with van der Waals surface area (Å²) in [5.74, 6) is -3.08. The van der Waals surface area contributed by atoms with Crippen molar-refractivity contribution in [3.63, 3.8) is 0 Å². The van der Waals surface area contributed by atoms with Crippen LogP contribution in [0.4, 0.5) is 0 Å². The smallest absolute Gasteiger partial charge is 0.330 e. The van der Waals surface area contributed by atoms with Crippen molar-refractivity contribution in [2.24, 2.45) is 0 Å². The van der Waals surface area contributed by atoms with E-state index >= 15 is 0 Å². The molecule has 0 aliphatic rings. The summed E-state index contributed by atoms with van der Waals surface area (Å²) in [6.07, 6.45) is 1.31. The zero-order chi connectivity index (χ0) is 13.8. The molecule has 4 N–H and O–H groups in total. The van der Waals surface area contributed by atoms with Crippen molar-refractivity contribution in [3.8, 4) is 0 Å². The Morgan fingerprint density at radius 2 is 1.41 bits per heavy atom. The number of carboxylic acids is 3. The van der Waals surface area contributed by atoms with E-state index in [4.69, 9.17) is 20.4 Å². The van der Waals surface area contributed by atoms with Crippen LogP contribution < -0.4 is 0 Å².